The first-order valence-electron chi connectivity index (χ1n) is 10.8. The topological polar surface area (TPSA) is 104 Å². The van der Waals surface area contributed by atoms with Crippen LogP contribution in [0.5, 0.6) is 11.5 Å². The van der Waals surface area contributed by atoms with E-state index in [0.29, 0.717) is 39.4 Å². The summed E-state index contributed by atoms with van der Waals surface area (Å²) in [6, 6.07) is 8.82. The van der Waals surface area contributed by atoms with E-state index in [2.05, 4.69) is 9.82 Å². The summed E-state index contributed by atoms with van der Waals surface area (Å²) in [6.07, 6.45) is 4.95. The molecule has 3 heterocycles. The van der Waals surface area contributed by atoms with Crippen molar-refractivity contribution in [3.63, 3.8) is 0 Å². The van der Waals surface area contributed by atoms with Crippen molar-refractivity contribution in [2.45, 2.75) is 39.7 Å². The molecule has 10 heteroatoms. The van der Waals surface area contributed by atoms with Gasteiger partial charge in [0.05, 0.1) is 23.9 Å². The number of nitrogens with one attached hydrogen (secondary N) is 1. The van der Waals surface area contributed by atoms with Crippen molar-refractivity contribution in [3.8, 4) is 11.5 Å². The third kappa shape index (κ3) is 3.85. The lowest BCUT2D eigenvalue weighted by Gasteiger charge is -2.11. The second-order valence-electron chi connectivity index (χ2n) is 8.15. The van der Waals surface area contributed by atoms with Crippen LogP contribution in [0.25, 0.3) is 16.4 Å². The predicted octanol–water partition coefficient (Wildman–Crippen LogP) is 3.72. The minimum atomic E-state index is -3.66. The van der Waals surface area contributed by atoms with Crippen molar-refractivity contribution in [2.75, 3.05) is 6.61 Å². The van der Waals surface area contributed by atoms with Crippen molar-refractivity contribution < 1.29 is 22.7 Å². The van der Waals surface area contributed by atoms with E-state index < -0.39 is 16.2 Å². The average molecular weight is 469 g/mol. The summed E-state index contributed by atoms with van der Waals surface area (Å²) < 4.78 is 42.6. The molecule has 1 aliphatic carbocycles. The van der Waals surface area contributed by atoms with Crippen LogP contribution in [0, 0.1) is 13.8 Å². The molecule has 1 saturated carbocycles. The molecular formula is C23H24N4O5S. The van der Waals surface area contributed by atoms with Gasteiger partial charge in [0.1, 0.15) is 11.3 Å². The molecule has 1 N–H and O–H groups in total. The second-order valence-corrected chi connectivity index (χ2v) is 9.70. The number of ether oxygens (including phenoxy) is 2. The van der Waals surface area contributed by atoms with Crippen LogP contribution in [0.3, 0.4) is 0 Å². The normalized spacial score (nSPS) is 14.2. The highest BCUT2D eigenvalue weighted by molar-refractivity contribution is 7.88. The van der Waals surface area contributed by atoms with Gasteiger partial charge in [0, 0.05) is 29.4 Å². The lowest BCUT2D eigenvalue weighted by Crippen LogP contribution is -2.32. The van der Waals surface area contributed by atoms with Crippen molar-refractivity contribution >= 4 is 32.6 Å². The van der Waals surface area contributed by atoms with E-state index in [1.807, 2.05) is 13.0 Å². The number of nitrogens with zero attached hydrogens (tertiary/aromatic N) is 3. The van der Waals surface area contributed by atoms with Crippen molar-refractivity contribution in [1.29, 1.82) is 0 Å². The van der Waals surface area contributed by atoms with Gasteiger partial charge < -0.3 is 9.47 Å². The van der Waals surface area contributed by atoms with Crippen LogP contribution < -0.4 is 9.46 Å². The van der Waals surface area contributed by atoms with Crippen LogP contribution in [0.4, 0.5) is 0 Å². The van der Waals surface area contributed by atoms with Crippen LogP contribution in [0.15, 0.2) is 42.7 Å². The van der Waals surface area contributed by atoms with Gasteiger partial charge in [-0.05, 0) is 63.4 Å². The van der Waals surface area contributed by atoms with Gasteiger partial charge in [0.25, 0.3) is 0 Å². The molecule has 1 aliphatic rings. The summed E-state index contributed by atoms with van der Waals surface area (Å²) in [5.74, 6) is 0.654. The van der Waals surface area contributed by atoms with Gasteiger partial charge in [-0.2, -0.15) is 18.2 Å². The van der Waals surface area contributed by atoms with Crippen LogP contribution in [0.2, 0.25) is 0 Å². The smallest absolute Gasteiger partial charge is 0.340 e. The number of rotatable bonds is 7. The van der Waals surface area contributed by atoms with Crippen LogP contribution in [-0.4, -0.2) is 40.6 Å². The summed E-state index contributed by atoms with van der Waals surface area (Å²) in [4.78, 5) is 12.3. The molecule has 172 valence electrons. The van der Waals surface area contributed by atoms with Crippen molar-refractivity contribution in [2.24, 2.45) is 0 Å². The molecule has 1 fully saturated rings. The molecule has 4 aromatic rings. The lowest BCUT2D eigenvalue weighted by molar-refractivity contribution is 0.0525. The fraction of sp³-hybridized carbons (Fsp3) is 0.304. The number of carbonyl (C=O) groups excluding carboxylic acids is 1. The Bertz CT molecular complexity index is 1500. The van der Waals surface area contributed by atoms with Crippen molar-refractivity contribution in [3.05, 3.63) is 59.5 Å². The Balaban J connectivity index is 1.51. The Morgan fingerprint density at radius 1 is 1.21 bits per heavy atom. The molecule has 33 heavy (non-hydrogen) atoms. The Labute approximate surface area is 191 Å². The maximum absolute atomic E-state index is 12.8. The maximum Gasteiger partial charge on any atom is 0.340 e. The highest BCUT2D eigenvalue weighted by Crippen LogP contribution is 2.33. The molecule has 3 aromatic heterocycles. The predicted molar refractivity (Wildman–Crippen MR) is 123 cm³/mol. The molecule has 0 amide bonds. The van der Waals surface area contributed by atoms with Gasteiger partial charge in [-0.15, -0.1) is 0 Å². The SMILES string of the molecule is CCOC(=O)c1cn2nccc(Oc3ccc4c(c3)cc(C)n4S(=O)(=O)NC3CC3)c2c1C. The molecule has 1 aromatic carbocycles. The summed E-state index contributed by atoms with van der Waals surface area (Å²) in [5.41, 5.74) is 2.99. The largest absolute Gasteiger partial charge is 0.462 e. The monoisotopic (exact) mass is 468 g/mol. The zero-order valence-corrected chi connectivity index (χ0v) is 19.3. The fourth-order valence-corrected chi connectivity index (χ4v) is 5.62. The number of aromatic nitrogens is 3. The van der Waals surface area contributed by atoms with E-state index in [-0.39, 0.29) is 12.6 Å². The first-order valence-corrected chi connectivity index (χ1v) is 12.2. The van der Waals surface area contributed by atoms with Gasteiger partial charge in [-0.3, -0.25) is 0 Å². The first-order chi connectivity index (χ1) is 15.8. The Morgan fingerprint density at radius 2 is 2.00 bits per heavy atom. The van der Waals surface area contributed by atoms with E-state index >= 15 is 0 Å². The van der Waals surface area contributed by atoms with E-state index in [9.17, 15) is 13.2 Å². The molecule has 0 bridgehead atoms. The minimum Gasteiger partial charge on any atom is -0.462 e. The Hall–Kier alpha value is -3.37. The number of hydrogen-bond acceptors (Lipinski definition) is 6. The molecule has 5 rings (SSSR count). The summed E-state index contributed by atoms with van der Waals surface area (Å²) >= 11 is 0. The minimum absolute atomic E-state index is 0.0216. The third-order valence-electron chi connectivity index (χ3n) is 5.65. The van der Waals surface area contributed by atoms with Crippen LogP contribution in [0.1, 0.15) is 41.4 Å². The molecule has 0 atom stereocenters. The van der Waals surface area contributed by atoms with E-state index in [1.165, 1.54) is 3.97 Å². The molecule has 0 unspecified atom stereocenters. The fourth-order valence-electron chi connectivity index (χ4n) is 4.00. The van der Waals surface area contributed by atoms with Gasteiger partial charge in [0.15, 0.2) is 5.75 Å². The molecule has 0 radical (unpaired) electrons. The van der Waals surface area contributed by atoms with Crippen molar-refractivity contribution in [1.82, 2.24) is 18.3 Å². The quantitative estimate of drug-likeness (QED) is 0.415. The highest BCUT2D eigenvalue weighted by atomic mass is 32.2. The van der Waals surface area contributed by atoms with Gasteiger partial charge in [-0.1, -0.05) is 0 Å². The number of hydrogen-bond donors (Lipinski definition) is 1. The van der Waals surface area contributed by atoms with E-state index in [0.717, 1.165) is 18.2 Å². The van der Waals surface area contributed by atoms with Crippen LogP contribution in [-0.2, 0) is 14.9 Å². The number of fused-ring (bicyclic) bond motifs is 2. The van der Waals surface area contributed by atoms with E-state index in [4.69, 9.17) is 9.47 Å². The summed E-state index contributed by atoms with van der Waals surface area (Å²) in [6.45, 7) is 5.63. The lowest BCUT2D eigenvalue weighted by atomic mass is 10.2. The van der Waals surface area contributed by atoms with Crippen LogP contribution >= 0.6 is 0 Å². The Kier molecular flexibility index (Phi) is 5.13. The standard InChI is InChI=1S/C23H24N4O5S/c1-4-31-23(28)19-13-26-22(15(19)3)21(9-10-24-26)32-18-7-8-20-16(12-18)11-14(2)27(20)33(29,30)25-17-5-6-17/h7-13,17,25H,4-6H2,1-3H3. The summed E-state index contributed by atoms with van der Waals surface area (Å²) in [7, 11) is -3.66. The summed E-state index contributed by atoms with van der Waals surface area (Å²) in [5, 5.41) is 5.03. The first kappa shape index (κ1) is 21.5. The number of carbonyl (C=O) groups is 1. The third-order valence-corrected chi connectivity index (χ3v) is 7.25. The zero-order chi connectivity index (χ0) is 23.3. The highest BCUT2D eigenvalue weighted by Gasteiger charge is 2.29. The number of esters is 1. The van der Waals surface area contributed by atoms with Gasteiger partial charge in [0.2, 0.25) is 0 Å². The molecule has 0 saturated heterocycles. The maximum atomic E-state index is 12.8. The average Bonchev–Trinajstić information content (AvgIpc) is 3.39. The molecule has 0 spiro atoms. The van der Waals surface area contributed by atoms with E-state index in [1.54, 1.807) is 55.0 Å². The second kappa shape index (κ2) is 7.89. The number of aryl methyl sites for hydroxylation is 2. The number of benzene rings is 1. The van der Waals surface area contributed by atoms with Gasteiger partial charge in [-0.25, -0.2) is 13.3 Å². The zero-order valence-electron chi connectivity index (χ0n) is 18.5. The Morgan fingerprint density at radius 3 is 2.73 bits per heavy atom. The molecule has 0 aliphatic heterocycles. The molecular weight excluding hydrogens is 444 g/mol. The molecule has 9 nitrogen and oxygen atoms in total. The van der Waals surface area contributed by atoms with Gasteiger partial charge >= 0.3 is 16.2 Å².